The van der Waals surface area contributed by atoms with Crippen molar-refractivity contribution in [2.75, 3.05) is 18.5 Å². The van der Waals surface area contributed by atoms with Crippen LogP contribution >= 0.6 is 0 Å². The van der Waals surface area contributed by atoms with Crippen molar-refractivity contribution in [2.24, 2.45) is 0 Å². The van der Waals surface area contributed by atoms with Crippen molar-refractivity contribution >= 4 is 23.5 Å². The Kier molecular flexibility index (Phi) is 7.82. The van der Waals surface area contributed by atoms with Gasteiger partial charge in [-0.15, -0.1) is 0 Å². The number of anilines is 1. The molecule has 2 rings (SSSR count). The predicted octanol–water partition coefficient (Wildman–Crippen LogP) is 3.27. The fraction of sp³-hybridized carbons (Fsp3) is 0.286. The van der Waals surface area contributed by atoms with Crippen LogP contribution < -0.4 is 10.6 Å². The first kappa shape index (κ1) is 22.0. The number of amides is 2. The number of benzene rings is 2. The third-order valence-corrected chi connectivity index (χ3v) is 3.89. The molecule has 0 saturated heterocycles. The van der Waals surface area contributed by atoms with E-state index in [4.69, 9.17) is 4.74 Å². The molecule has 6 nitrogen and oxygen atoms in total. The van der Waals surface area contributed by atoms with E-state index in [1.807, 2.05) is 19.9 Å². The molecule has 0 spiro atoms. The van der Waals surface area contributed by atoms with Crippen molar-refractivity contribution in [3.63, 3.8) is 0 Å². The number of halogens is 2. The highest BCUT2D eigenvalue weighted by Crippen LogP contribution is 2.13. The number of hydrogen-bond donors (Lipinski definition) is 2. The molecule has 2 N–H and O–H groups in total. The Morgan fingerprint density at radius 2 is 1.69 bits per heavy atom. The summed E-state index contributed by atoms with van der Waals surface area (Å²) in [5.74, 6) is -3.49. The van der Waals surface area contributed by atoms with Crippen molar-refractivity contribution in [3.05, 3.63) is 64.7 Å². The number of hydrogen-bond acceptors (Lipinski definition) is 4. The summed E-state index contributed by atoms with van der Waals surface area (Å²) in [6.07, 6.45) is 0.217. The molecule has 2 aromatic carbocycles. The van der Waals surface area contributed by atoms with Crippen LogP contribution in [0.4, 0.5) is 14.5 Å². The monoisotopic (exact) mass is 404 g/mol. The molecule has 0 unspecified atom stereocenters. The maximum Gasteiger partial charge on any atom is 0.306 e. The van der Waals surface area contributed by atoms with Gasteiger partial charge in [-0.3, -0.25) is 14.4 Å². The van der Waals surface area contributed by atoms with Gasteiger partial charge in [0.25, 0.3) is 11.8 Å². The number of carbonyl (C=O) groups excluding carboxylic acids is 3. The van der Waals surface area contributed by atoms with Crippen molar-refractivity contribution in [3.8, 4) is 0 Å². The molecular weight excluding hydrogens is 382 g/mol. The van der Waals surface area contributed by atoms with Gasteiger partial charge in [0.05, 0.1) is 5.56 Å². The Labute approximate surface area is 167 Å². The van der Waals surface area contributed by atoms with E-state index in [1.54, 1.807) is 12.1 Å². The van der Waals surface area contributed by atoms with Gasteiger partial charge in [-0.25, -0.2) is 8.78 Å². The van der Waals surface area contributed by atoms with Crippen LogP contribution in [0, 0.1) is 25.5 Å². The highest BCUT2D eigenvalue weighted by atomic mass is 19.1. The summed E-state index contributed by atoms with van der Waals surface area (Å²) in [5, 5.41) is 5.09. The molecule has 8 heteroatoms. The third-order valence-electron chi connectivity index (χ3n) is 3.89. The largest absolute Gasteiger partial charge is 0.456 e. The molecular formula is C21H22F2N2O4. The molecule has 0 heterocycles. The lowest BCUT2D eigenvalue weighted by Crippen LogP contribution is -2.26. The van der Waals surface area contributed by atoms with Crippen molar-refractivity contribution < 1.29 is 27.9 Å². The zero-order chi connectivity index (χ0) is 21.4. The van der Waals surface area contributed by atoms with Crippen LogP contribution in [0.1, 0.15) is 34.3 Å². The molecule has 0 radical (unpaired) electrons. The van der Waals surface area contributed by atoms with Gasteiger partial charge in [-0.05, 0) is 55.7 Å². The number of ether oxygens (including phenoxy) is 1. The molecule has 0 aliphatic carbocycles. The number of nitrogens with one attached hydrogen (secondary N) is 2. The average Bonchev–Trinajstić information content (AvgIpc) is 2.62. The molecule has 2 amide bonds. The average molecular weight is 404 g/mol. The van der Waals surface area contributed by atoms with Gasteiger partial charge in [0, 0.05) is 24.7 Å². The van der Waals surface area contributed by atoms with Gasteiger partial charge in [0.15, 0.2) is 6.61 Å². The summed E-state index contributed by atoms with van der Waals surface area (Å²) in [5.41, 5.74) is 2.34. The molecule has 2 aromatic rings. The van der Waals surface area contributed by atoms with E-state index in [1.165, 1.54) is 0 Å². The van der Waals surface area contributed by atoms with Gasteiger partial charge < -0.3 is 15.4 Å². The molecule has 154 valence electrons. The van der Waals surface area contributed by atoms with Gasteiger partial charge in [-0.2, -0.15) is 0 Å². The number of carbonyl (C=O) groups is 3. The topological polar surface area (TPSA) is 84.5 Å². The number of esters is 1. The Bertz CT molecular complexity index is 895. The van der Waals surface area contributed by atoms with E-state index in [-0.39, 0.29) is 24.9 Å². The first-order valence-corrected chi connectivity index (χ1v) is 9.01. The first-order valence-electron chi connectivity index (χ1n) is 9.01. The van der Waals surface area contributed by atoms with E-state index in [0.29, 0.717) is 11.8 Å². The van der Waals surface area contributed by atoms with Crippen LogP contribution in [-0.4, -0.2) is 30.9 Å². The molecule has 29 heavy (non-hydrogen) atoms. The van der Waals surface area contributed by atoms with E-state index in [2.05, 4.69) is 10.6 Å². The first-order chi connectivity index (χ1) is 13.7. The van der Waals surface area contributed by atoms with Gasteiger partial charge in [0.1, 0.15) is 11.6 Å². The van der Waals surface area contributed by atoms with E-state index >= 15 is 0 Å². The van der Waals surface area contributed by atoms with Gasteiger partial charge in [0.2, 0.25) is 0 Å². The molecule has 0 aliphatic heterocycles. The summed E-state index contributed by atoms with van der Waals surface area (Å²) in [7, 11) is 0. The summed E-state index contributed by atoms with van der Waals surface area (Å²) in [6, 6.07) is 8.23. The highest BCUT2D eigenvalue weighted by molar-refractivity contribution is 5.94. The Balaban J connectivity index is 1.66. The summed E-state index contributed by atoms with van der Waals surface area (Å²) in [6.45, 7) is 3.50. The molecule has 0 aromatic heterocycles. The van der Waals surface area contributed by atoms with Crippen LogP contribution in [0.15, 0.2) is 36.4 Å². The van der Waals surface area contributed by atoms with Crippen molar-refractivity contribution in [2.45, 2.75) is 26.7 Å². The van der Waals surface area contributed by atoms with Crippen molar-refractivity contribution in [1.82, 2.24) is 5.32 Å². The smallest absolute Gasteiger partial charge is 0.306 e. The van der Waals surface area contributed by atoms with Crippen LogP contribution in [-0.2, 0) is 14.3 Å². The lowest BCUT2D eigenvalue weighted by atomic mass is 10.1. The summed E-state index contributed by atoms with van der Waals surface area (Å²) < 4.78 is 31.2. The van der Waals surface area contributed by atoms with Crippen LogP contribution in [0.3, 0.4) is 0 Å². The summed E-state index contributed by atoms with van der Waals surface area (Å²) >= 11 is 0. The quantitative estimate of drug-likeness (QED) is 0.522. The predicted molar refractivity (Wildman–Crippen MR) is 103 cm³/mol. The third kappa shape index (κ3) is 7.33. The molecule has 0 saturated carbocycles. The minimum atomic E-state index is -0.961. The molecule has 0 atom stereocenters. The van der Waals surface area contributed by atoms with Gasteiger partial charge >= 0.3 is 5.97 Å². The Hall–Kier alpha value is -3.29. The SMILES string of the molecule is Cc1cc(C)cc(NC(=O)COC(=O)CCCNC(=O)c2ccc(F)cc2F)c1. The second kappa shape index (κ2) is 10.3. The Morgan fingerprint density at radius 3 is 2.34 bits per heavy atom. The number of aryl methyl sites for hydroxylation is 2. The zero-order valence-electron chi connectivity index (χ0n) is 16.2. The molecule has 0 bridgehead atoms. The second-order valence-corrected chi connectivity index (χ2v) is 6.57. The van der Waals surface area contributed by atoms with E-state index in [9.17, 15) is 23.2 Å². The normalized spacial score (nSPS) is 10.3. The Morgan fingerprint density at radius 1 is 1.00 bits per heavy atom. The molecule has 0 aliphatic rings. The molecule has 0 fully saturated rings. The van der Waals surface area contributed by atoms with Crippen LogP contribution in [0.25, 0.3) is 0 Å². The lowest BCUT2D eigenvalue weighted by Gasteiger charge is -2.09. The maximum atomic E-state index is 13.5. The van der Waals surface area contributed by atoms with E-state index < -0.39 is 36.0 Å². The lowest BCUT2D eigenvalue weighted by molar-refractivity contribution is -0.147. The maximum absolute atomic E-state index is 13.5. The van der Waals surface area contributed by atoms with Crippen LogP contribution in [0.5, 0.6) is 0 Å². The number of rotatable bonds is 8. The minimum Gasteiger partial charge on any atom is -0.456 e. The highest BCUT2D eigenvalue weighted by Gasteiger charge is 2.13. The zero-order valence-corrected chi connectivity index (χ0v) is 16.2. The van der Waals surface area contributed by atoms with Crippen LogP contribution in [0.2, 0.25) is 0 Å². The van der Waals surface area contributed by atoms with Gasteiger partial charge in [-0.1, -0.05) is 6.07 Å². The fourth-order valence-corrected chi connectivity index (χ4v) is 2.67. The second-order valence-electron chi connectivity index (χ2n) is 6.57. The summed E-state index contributed by atoms with van der Waals surface area (Å²) in [4.78, 5) is 35.4. The fourth-order valence-electron chi connectivity index (χ4n) is 2.67. The van der Waals surface area contributed by atoms with E-state index in [0.717, 1.165) is 23.3 Å². The minimum absolute atomic E-state index is 0.0248. The standard InChI is InChI=1S/C21H22F2N2O4/c1-13-8-14(2)10-16(9-13)25-19(26)12-29-20(27)4-3-7-24-21(28)17-6-5-15(22)11-18(17)23/h5-6,8-11H,3-4,7,12H2,1-2H3,(H,24,28)(H,25,26). The van der Waals surface area contributed by atoms with Crippen molar-refractivity contribution in [1.29, 1.82) is 0 Å².